The van der Waals surface area contributed by atoms with Crippen LogP contribution in [0.4, 0.5) is 0 Å². The van der Waals surface area contributed by atoms with E-state index in [1.165, 1.54) is 11.1 Å². The number of rotatable bonds is 9. The van der Waals surface area contributed by atoms with Crippen molar-refractivity contribution in [2.24, 2.45) is 5.92 Å². The second kappa shape index (κ2) is 10.3. The van der Waals surface area contributed by atoms with Crippen molar-refractivity contribution >= 4 is 10.9 Å². The SMILES string of the molecule is CCC(C)(C)n1nnnc1C(C(C)C)N(Cc1ccccc1)Cc1cc2ccc(C)c(C)c2[nH]c1=O. The third kappa shape index (κ3) is 5.12. The van der Waals surface area contributed by atoms with Crippen molar-refractivity contribution < 1.29 is 0 Å². The average Bonchev–Trinajstić information content (AvgIpc) is 3.33. The Kier molecular flexibility index (Phi) is 7.41. The number of aryl methyl sites for hydroxylation is 2. The third-order valence-corrected chi connectivity index (χ3v) is 7.45. The van der Waals surface area contributed by atoms with E-state index in [1.807, 2.05) is 16.8 Å². The molecule has 1 atom stereocenters. The van der Waals surface area contributed by atoms with E-state index in [4.69, 9.17) is 0 Å². The third-order valence-electron chi connectivity index (χ3n) is 7.45. The first kappa shape index (κ1) is 25.8. The molecule has 0 fully saturated rings. The maximum absolute atomic E-state index is 13.3. The molecule has 4 aromatic rings. The van der Waals surface area contributed by atoms with E-state index in [0.29, 0.717) is 13.1 Å². The fourth-order valence-corrected chi connectivity index (χ4v) is 4.82. The van der Waals surface area contributed by atoms with E-state index in [9.17, 15) is 4.79 Å². The second-order valence-electron chi connectivity index (χ2n) is 10.8. The standard InChI is InChI=1S/C29H38N6O/c1-8-29(6,7)35-27(31-32-33-35)26(19(2)3)34(17-22-12-10-9-11-13-22)18-24-16-23-15-14-20(4)21(5)25(23)30-28(24)36/h9-16,19,26H,8,17-18H2,1-7H3,(H,30,36). The van der Waals surface area contributed by atoms with Gasteiger partial charge in [0, 0.05) is 18.7 Å². The van der Waals surface area contributed by atoms with Crippen molar-refractivity contribution in [3.05, 3.63) is 87.0 Å². The number of hydrogen-bond donors (Lipinski definition) is 1. The molecule has 4 rings (SSSR count). The zero-order valence-electron chi connectivity index (χ0n) is 22.5. The Morgan fingerprint density at radius 3 is 2.44 bits per heavy atom. The van der Waals surface area contributed by atoms with Gasteiger partial charge in [-0.15, -0.1) is 5.10 Å². The molecule has 0 spiro atoms. The van der Waals surface area contributed by atoms with Gasteiger partial charge in [0.15, 0.2) is 5.82 Å². The molecule has 0 amide bonds. The molecule has 0 bridgehead atoms. The minimum absolute atomic E-state index is 0.0507. The first-order chi connectivity index (χ1) is 17.1. The maximum Gasteiger partial charge on any atom is 0.252 e. The molecule has 190 valence electrons. The van der Waals surface area contributed by atoms with Crippen molar-refractivity contribution in [3.8, 4) is 0 Å². The molecule has 36 heavy (non-hydrogen) atoms. The van der Waals surface area contributed by atoms with Gasteiger partial charge in [-0.3, -0.25) is 9.69 Å². The Morgan fingerprint density at radius 1 is 1.06 bits per heavy atom. The van der Waals surface area contributed by atoms with Crippen LogP contribution in [-0.4, -0.2) is 30.1 Å². The van der Waals surface area contributed by atoms with Crippen LogP contribution in [0, 0.1) is 19.8 Å². The highest BCUT2D eigenvalue weighted by Gasteiger charge is 2.33. The number of hydrogen-bond acceptors (Lipinski definition) is 5. The molecule has 1 unspecified atom stereocenters. The number of tetrazole rings is 1. The van der Waals surface area contributed by atoms with Crippen LogP contribution < -0.4 is 5.56 Å². The van der Waals surface area contributed by atoms with Crippen LogP contribution in [0.3, 0.4) is 0 Å². The molecule has 0 aliphatic carbocycles. The Hall–Kier alpha value is -3.32. The molecule has 1 N–H and O–H groups in total. The zero-order chi connectivity index (χ0) is 26.0. The highest BCUT2D eigenvalue weighted by Crippen LogP contribution is 2.33. The highest BCUT2D eigenvalue weighted by molar-refractivity contribution is 5.83. The van der Waals surface area contributed by atoms with Crippen LogP contribution in [0.2, 0.25) is 0 Å². The topological polar surface area (TPSA) is 79.7 Å². The monoisotopic (exact) mass is 486 g/mol. The highest BCUT2D eigenvalue weighted by atomic mass is 16.1. The van der Waals surface area contributed by atoms with Crippen LogP contribution in [0.15, 0.2) is 53.3 Å². The van der Waals surface area contributed by atoms with Gasteiger partial charge in [0.05, 0.1) is 17.1 Å². The first-order valence-electron chi connectivity index (χ1n) is 12.8. The van der Waals surface area contributed by atoms with Gasteiger partial charge in [-0.2, -0.15) is 0 Å². The lowest BCUT2D eigenvalue weighted by molar-refractivity contribution is 0.118. The van der Waals surface area contributed by atoms with E-state index in [1.54, 1.807) is 0 Å². The van der Waals surface area contributed by atoms with Gasteiger partial charge in [0.1, 0.15) is 0 Å². The summed E-state index contributed by atoms with van der Waals surface area (Å²) in [5, 5.41) is 14.0. The summed E-state index contributed by atoms with van der Waals surface area (Å²) in [5.41, 5.74) is 4.83. The summed E-state index contributed by atoms with van der Waals surface area (Å²) in [6, 6.07) is 16.5. The number of pyridine rings is 1. The summed E-state index contributed by atoms with van der Waals surface area (Å²) in [6.07, 6.45) is 0.900. The molecule has 0 saturated carbocycles. The second-order valence-corrected chi connectivity index (χ2v) is 10.8. The van der Waals surface area contributed by atoms with E-state index >= 15 is 0 Å². The predicted molar refractivity (Wildman–Crippen MR) is 145 cm³/mol. The largest absolute Gasteiger partial charge is 0.321 e. The normalized spacial score (nSPS) is 13.1. The minimum atomic E-state index is -0.222. The molecule has 7 heteroatoms. The van der Waals surface area contributed by atoms with Crippen molar-refractivity contribution in [1.29, 1.82) is 0 Å². The fraction of sp³-hybridized carbons (Fsp3) is 0.448. The van der Waals surface area contributed by atoms with Gasteiger partial charge in [-0.25, -0.2) is 4.68 Å². The summed E-state index contributed by atoms with van der Waals surface area (Å²) in [7, 11) is 0. The van der Waals surface area contributed by atoms with Gasteiger partial charge >= 0.3 is 0 Å². The maximum atomic E-state index is 13.3. The van der Waals surface area contributed by atoms with Gasteiger partial charge < -0.3 is 4.98 Å². The Labute approximate surface area is 213 Å². The molecule has 2 aromatic carbocycles. The number of aromatic amines is 1. The lowest BCUT2D eigenvalue weighted by atomic mass is 9.96. The molecule has 0 aliphatic rings. The van der Waals surface area contributed by atoms with Crippen LogP contribution in [-0.2, 0) is 18.6 Å². The number of fused-ring (bicyclic) bond motifs is 1. The van der Waals surface area contributed by atoms with E-state index in [-0.39, 0.29) is 23.1 Å². The molecule has 0 aliphatic heterocycles. The number of aromatic nitrogens is 5. The first-order valence-corrected chi connectivity index (χ1v) is 12.8. The number of H-pyrrole nitrogens is 1. The molecule has 0 saturated heterocycles. The molecule has 7 nitrogen and oxygen atoms in total. The number of nitrogens with zero attached hydrogens (tertiary/aromatic N) is 5. The summed E-state index contributed by atoms with van der Waals surface area (Å²) in [6.45, 7) is 16.1. The van der Waals surface area contributed by atoms with Crippen LogP contribution in [0.1, 0.15) is 75.2 Å². The Bertz CT molecular complexity index is 1390. The van der Waals surface area contributed by atoms with E-state index < -0.39 is 0 Å². The van der Waals surface area contributed by atoms with Gasteiger partial charge in [-0.05, 0) is 78.6 Å². The molecular formula is C29H38N6O. The average molecular weight is 487 g/mol. The number of benzene rings is 2. The predicted octanol–water partition coefficient (Wildman–Crippen LogP) is 5.68. The molecule has 0 radical (unpaired) electrons. The lowest BCUT2D eigenvalue weighted by Gasteiger charge is -2.35. The van der Waals surface area contributed by atoms with Gasteiger partial charge in [-0.1, -0.05) is 63.2 Å². The zero-order valence-corrected chi connectivity index (χ0v) is 22.5. The van der Waals surface area contributed by atoms with Gasteiger partial charge in [0.2, 0.25) is 0 Å². The fourth-order valence-electron chi connectivity index (χ4n) is 4.82. The van der Waals surface area contributed by atoms with Crippen molar-refractivity contribution in [2.75, 3.05) is 0 Å². The Morgan fingerprint density at radius 2 is 1.78 bits per heavy atom. The summed E-state index contributed by atoms with van der Waals surface area (Å²) in [4.78, 5) is 18.8. The molecule has 2 heterocycles. The summed E-state index contributed by atoms with van der Waals surface area (Å²) >= 11 is 0. The van der Waals surface area contributed by atoms with E-state index in [2.05, 4.69) is 110 Å². The van der Waals surface area contributed by atoms with Crippen molar-refractivity contribution in [2.45, 2.75) is 79.6 Å². The van der Waals surface area contributed by atoms with Crippen LogP contribution in [0.25, 0.3) is 10.9 Å². The van der Waals surface area contributed by atoms with Crippen LogP contribution in [0.5, 0.6) is 0 Å². The van der Waals surface area contributed by atoms with Crippen molar-refractivity contribution in [1.82, 2.24) is 30.1 Å². The smallest absolute Gasteiger partial charge is 0.252 e. The minimum Gasteiger partial charge on any atom is -0.321 e. The molecule has 2 aromatic heterocycles. The van der Waals surface area contributed by atoms with Gasteiger partial charge in [0.25, 0.3) is 5.56 Å². The number of nitrogens with one attached hydrogen (secondary N) is 1. The summed E-state index contributed by atoms with van der Waals surface area (Å²) < 4.78 is 1.96. The summed E-state index contributed by atoms with van der Waals surface area (Å²) in [5.74, 6) is 1.05. The van der Waals surface area contributed by atoms with Crippen LogP contribution >= 0.6 is 0 Å². The van der Waals surface area contributed by atoms with Crippen molar-refractivity contribution in [3.63, 3.8) is 0 Å². The quantitative estimate of drug-likeness (QED) is 0.329. The van der Waals surface area contributed by atoms with E-state index in [0.717, 1.165) is 34.3 Å². The molecular weight excluding hydrogens is 448 g/mol. The lowest BCUT2D eigenvalue weighted by Crippen LogP contribution is -2.38. The Balaban J connectivity index is 1.82.